The van der Waals surface area contributed by atoms with Crippen LogP contribution in [-0.2, 0) is 4.74 Å². The van der Waals surface area contributed by atoms with Crippen molar-refractivity contribution in [2.45, 2.75) is 32.8 Å². The molecule has 0 aliphatic carbocycles. The Kier molecular flexibility index (Phi) is 6.20. The highest BCUT2D eigenvalue weighted by Gasteiger charge is 2.18. The molecular formula is C14H22BNO4. The first-order valence-electron chi connectivity index (χ1n) is 6.74. The Labute approximate surface area is 120 Å². The molecule has 0 bridgehead atoms. The number of benzene rings is 1. The van der Waals surface area contributed by atoms with Crippen LogP contribution >= 0.6 is 0 Å². The van der Waals surface area contributed by atoms with Gasteiger partial charge >= 0.3 is 7.12 Å². The van der Waals surface area contributed by atoms with Crippen LogP contribution in [0.25, 0.3) is 0 Å². The largest absolute Gasteiger partial charge is 0.488 e. The van der Waals surface area contributed by atoms with Crippen molar-refractivity contribution in [2.24, 2.45) is 0 Å². The van der Waals surface area contributed by atoms with E-state index in [4.69, 9.17) is 14.8 Å². The fourth-order valence-corrected chi connectivity index (χ4v) is 1.85. The third kappa shape index (κ3) is 5.32. The topological polar surface area (TPSA) is 78.8 Å². The Hall–Kier alpha value is -1.37. The second kappa shape index (κ2) is 7.43. The van der Waals surface area contributed by atoms with Gasteiger partial charge in [0.25, 0.3) is 5.91 Å². The summed E-state index contributed by atoms with van der Waals surface area (Å²) in [6, 6.07) is 6.17. The van der Waals surface area contributed by atoms with Crippen LogP contribution in [0.4, 0.5) is 0 Å². The molecule has 1 rings (SSSR count). The number of ether oxygens (including phenoxy) is 1. The van der Waals surface area contributed by atoms with Gasteiger partial charge in [-0.3, -0.25) is 4.79 Å². The predicted molar refractivity (Wildman–Crippen MR) is 78.9 cm³/mol. The molecule has 0 unspecified atom stereocenters. The zero-order valence-corrected chi connectivity index (χ0v) is 12.2. The monoisotopic (exact) mass is 279 g/mol. The number of carbonyl (C=O) groups is 1. The quantitative estimate of drug-likeness (QED) is 0.627. The predicted octanol–water partition coefficient (Wildman–Crippen LogP) is 0.301. The first-order chi connectivity index (χ1) is 9.35. The number of nitrogens with one attached hydrogen (secondary N) is 1. The number of hydrogen-bond acceptors (Lipinski definition) is 4. The SMILES string of the molecule is CCOC(C)(C)CCNC(=O)c1ccc(B(O)O)cc1. The Morgan fingerprint density at radius 3 is 2.40 bits per heavy atom. The van der Waals surface area contributed by atoms with Crippen molar-refractivity contribution in [1.29, 1.82) is 0 Å². The van der Waals surface area contributed by atoms with Crippen molar-refractivity contribution in [3.63, 3.8) is 0 Å². The molecule has 0 heterocycles. The molecule has 5 nitrogen and oxygen atoms in total. The summed E-state index contributed by atoms with van der Waals surface area (Å²) < 4.78 is 5.55. The van der Waals surface area contributed by atoms with E-state index < -0.39 is 7.12 Å². The van der Waals surface area contributed by atoms with E-state index in [-0.39, 0.29) is 11.5 Å². The summed E-state index contributed by atoms with van der Waals surface area (Å²) >= 11 is 0. The third-order valence-corrected chi connectivity index (χ3v) is 3.02. The van der Waals surface area contributed by atoms with Gasteiger partial charge in [-0.25, -0.2) is 0 Å². The smallest absolute Gasteiger partial charge is 0.423 e. The van der Waals surface area contributed by atoms with E-state index in [0.717, 1.165) is 6.42 Å². The van der Waals surface area contributed by atoms with Crippen LogP contribution in [0.15, 0.2) is 24.3 Å². The standard InChI is InChI=1S/C14H22BNO4/c1-4-20-14(2,3)9-10-16-13(17)11-5-7-12(8-6-11)15(18)19/h5-8,18-19H,4,9-10H2,1-3H3,(H,16,17). The zero-order chi connectivity index (χ0) is 15.2. The third-order valence-electron chi connectivity index (χ3n) is 3.02. The Balaban J connectivity index is 2.47. The summed E-state index contributed by atoms with van der Waals surface area (Å²) in [5.41, 5.74) is 0.593. The molecule has 1 aromatic rings. The lowest BCUT2D eigenvalue weighted by Gasteiger charge is -2.24. The summed E-state index contributed by atoms with van der Waals surface area (Å²) in [4.78, 5) is 11.9. The van der Waals surface area contributed by atoms with Crippen LogP contribution in [0.1, 0.15) is 37.6 Å². The summed E-state index contributed by atoms with van der Waals surface area (Å²) in [6.45, 7) is 7.08. The summed E-state index contributed by atoms with van der Waals surface area (Å²) in [5, 5.41) is 20.8. The first-order valence-corrected chi connectivity index (χ1v) is 6.74. The van der Waals surface area contributed by atoms with E-state index in [1.807, 2.05) is 20.8 Å². The van der Waals surface area contributed by atoms with E-state index in [9.17, 15) is 4.79 Å². The molecule has 110 valence electrons. The van der Waals surface area contributed by atoms with Crippen molar-refractivity contribution < 1.29 is 19.6 Å². The normalized spacial score (nSPS) is 11.2. The van der Waals surface area contributed by atoms with Crippen molar-refractivity contribution in [2.75, 3.05) is 13.2 Å². The van der Waals surface area contributed by atoms with Crippen LogP contribution in [0.3, 0.4) is 0 Å². The van der Waals surface area contributed by atoms with E-state index in [1.54, 1.807) is 12.1 Å². The van der Waals surface area contributed by atoms with E-state index in [0.29, 0.717) is 24.2 Å². The molecule has 0 spiro atoms. The molecule has 6 heteroatoms. The second-order valence-electron chi connectivity index (χ2n) is 5.19. The van der Waals surface area contributed by atoms with E-state index in [2.05, 4.69) is 5.32 Å². The molecule has 0 aromatic heterocycles. The fourth-order valence-electron chi connectivity index (χ4n) is 1.85. The molecule has 0 fully saturated rings. The average molecular weight is 279 g/mol. The van der Waals surface area contributed by atoms with E-state index >= 15 is 0 Å². The minimum absolute atomic E-state index is 0.184. The van der Waals surface area contributed by atoms with Crippen molar-refractivity contribution in [1.82, 2.24) is 5.32 Å². The van der Waals surface area contributed by atoms with Crippen LogP contribution in [0.2, 0.25) is 0 Å². The van der Waals surface area contributed by atoms with Crippen LogP contribution in [0, 0.1) is 0 Å². The average Bonchev–Trinajstić information content (AvgIpc) is 2.38. The highest BCUT2D eigenvalue weighted by molar-refractivity contribution is 6.58. The minimum Gasteiger partial charge on any atom is -0.423 e. The van der Waals surface area contributed by atoms with Gasteiger partial charge in [-0.05, 0) is 44.8 Å². The molecule has 0 aliphatic heterocycles. The lowest BCUT2D eigenvalue weighted by Crippen LogP contribution is -2.33. The fraction of sp³-hybridized carbons (Fsp3) is 0.500. The van der Waals surface area contributed by atoms with Gasteiger partial charge in [0.15, 0.2) is 0 Å². The number of carbonyl (C=O) groups excluding carboxylic acids is 1. The maximum Gasteiger partial charge on any atom is 0.488 e. The van der Waals surface area contributed by atoms with Gasteiger partial charge in [-0.2, -0.15) is 0 Å². The van der Waals surface area contributed by atoms with Gasteiger partial charge in [0.05, 0.1) is 5.60 Å². The second-order valence-corrected chi connectivity index (χ2v) is 5.19. The number of rotatable bonds is 7. The van der Waals surface area contributed by atoms with Gasteiger partial charge in [-0.1, -0.05) is 12.1 Å². The lowest BCUT2D eigenvalue weighted by atomic mass is 9.80. The lowest BCUT2D eigenvalue weighted by molar-refractivity contribution is -0.0153. The Morgan fingerprint density at radius 2 is 1.90 bits per heavy atom. The number of hydrogen-bond donors (Lipinski definition) is 3. The van der Waals surface area contributed by atoms with Crippen LogP contribution < -0.4 is 10.8 Å². The molecule has 1 aromatic carbocycles. The van der Waals surface area contributed by atoms with Gasteiger partial charge < -0.3 is 20.1 Å². The highest BCUT2D eigenvalue weighted by atomic mass is 16.5. The summed E-state index contributed by atoms with van der Waals surface area (Å²) in [7, 11) is -1.51. The molecule has 0 saturated carbocycles. The number of amides is 1. The summed E-state index contributed by atoms with van der Waals surface area (Å²) in [6.07, 6.45) is 0.722. The molecule has 3 N–H and O–H groups in total. The maximum atomic E-state index is 11.9. The Morgan fingerprint density at radius 1 is 1.30 bits per heavy atom. The zero-order valence-electron chi connectivity index (χ0n) is 12.2. The van der Waals surface area contributed by atoms with Crippen molar-refractivity contribution in [3.05, 3.63) is 29.8 Å². The maximum absolute atomic E-state index is 11.9. The van der Waals surface area contributed by atoms with E-state index in [1.165, 1.54) is 12.1 Å². The first kappa shape index (κ1) is 16.7. The Bertz CT molecular complexity index is 431. The van der Waals surface area contributed by atoms with Gasteiger partial charge in [-0.15, -0.1) is 0 Å². The molecule has 1 amide bonds. The van der Waals surface area contributed by atoms with Crippen molar-refractivity contribution >= 4 is 18.5 Å². The van der Waals surface area contributed by atoms with Crippen LogP contribution in [-0.4, -0.2) is 41.8 Å². The highest BCUT2D eigenvalue weighted by Crippen LogP contribution is 2.13. The molecule has 0 aliphatic rings. The van der Waals surface area contributed by atoms with Gasteiger partial charge in [0, 0.05) is 18.7 Å². The van der Waals surface area contributed by atoms with Gasteiger partial charge in [0.2, 0.25) is 0 Å². The molecule has 0 saturated heterocycles. The molecule has 20 heavy (non-hydrogen) atoms. The molecule has 0 radical (unpaired) electrons. The minimum atomic E-state index is -1.51. The summed E-state index contributed by atoms with van der Waals surface area (Å²) in [5.74, 6) is -0.184. The van der Waals surface area contributed by atoms with Crippen molar-refractivity contribution in [3.8, 4) is 0 Å². The van der Waals surface area contributed by atoms with Crippen LogP contribution in [0.5, 0.6) is 0 Å². The molecular weight excluding hydrogens is 257 g/mol. The molecule has 0 atom stereocenters. The van der Waals surface area contributed by atoms with Gasteiger partial charge in [0.1, 0.15) is 0 Å².